The van der Waals surface area contributed by atoms with Gasteiger partial charge in [-0.25, -0.2) is 13.6 Å². The van der Waals surface area contributed by atoms with Gasteiger partial charge in [-0.15, -0.1) is 24.8 Å². The number of fused-ring (bicyclic) bond motifs is 1. The van der Waals surface area contributed by atoms with Crippen LogP contribution < -0.4 is 10.9 Å². The summed E-state index contributed by atoms with van der Waals surface area (Å²) in [4.78, 5) is 2.22. The normalized spacial score (nSPS) is 13.3. The highest BCUT2D eigenvalue weighted by Gasteiger charge is 2.18. The van der Waals surface area contributed by atoms with E-state index in [9.17, 15) is 8.42 Å². The second-order valence-electron chi connectivity index (χ2n) is 3.95. The summed E-state index contributed by atoms with van der Waals surface area (Å²) in [7, 11) is -3.67. The van der Waals surface area contributed by atoms with Crippen LogP contribution in [0.4, 0.5) is 0 Å². The van der Waals surface area contributed by atoms with Gasteiger partial charge in [-0.3, -0.25) is 0 Å². The number of sulfonamides is 1. The van der Waals surface area contributed by atoms with Crippen molar-refractivity contribution in [3.05, 3.63) is 35.5 Å². The van der Waals surface area contributed by atoms with Crippen molar-refractivity contribution in [3.8, 4) is 0 Å². The molecule has 0 fully saturated rings. The number of primary sulfonamides is 1. The van der Waals surface area contributed by atoms with Crippen LogP contribution in [0.3, 0.4) is 0 Å². The van der Waals surface area contributed by atoms with E-state index in [0.717, 1.165) is 12.1 Å². The molecule has 0 unspecified atom stereocenters. The zero-order chi connectivity index (χ0) is 12.5. The van der Waals surface area contributed by atoms with Crippen LogP contribution in [0, 0.1) is 0 Å². The predicted octanol–water partition coefficient (Wildman–Crippen LogP) is 0.923. The van der Waals surface area contributed by atoms with Crippen molar-refractivity contribution in [1.82, 2.24) is 4.90 Å². The van der Waals surface area contributed by atoms with E-state index in [1.165, 1.54) is 6.07 Å². The molecule has 0 aliphatic carbocycles. The lowest BCUT2D eigenvalue weighted by Crippen LogP contribution is -2.27. The van der Waals surface area contributed by atoms with E-state index in [0.29, 0.717) is 18.7 Å². The van der Waals surface area contributed by atoms with Crippen molar-refractivity contribution >= 4 is 40.9 Å². The Balaban J connectivity index is 0.00000162. The average molecular weight is 326 g/mol. The van der Waals surface area contributed by atoms with Gasteiger partial charge in [-0.05, 0) is 17.7 Å². The first-order valence-electron chi connectivity index (χ1n) is 5.29. The van der Waals surface area contributed by atoms with E-state index in [2.05, 4.69) is 0 Å². The molecule has 5 nitrogen and oxygen atoms in total. The summed E-state index contributed by atoms with van der Waals surface area (Å²) in [5, 5.41) is 5.18. The van der Waals surface area contributed by atoms with E-state index in [4.69, 9.17) is 10.9 Å². The molecule has 0 spiro atoms. The first-order chi connectivity index (χ1) is 8.02. The van der Waals surface area contributed by atoms with Gasteiger partial charge in [0, 0.05) is 31.4 Å². The van der Waals surface area contributed by atoms with Crippen molar-refractivity contribution in [2.24, 2.45) is 10.9 Å². The van der Waals surface area contributed by atoms with E-state index in [-0.39, 0.29) is 29.7 Å². The van der Waals surface area contributed by atoms with Gasteiger partial charge in [0.15, 0.2) is 0 Å². The maximum atomic E-state index is 11.4. The van der Waals surface area contributed by atoms with Crippen LogP contribution in [0.1, 0.15) is 11.1 Å². The average Bonchev–Trinajstić information content (AvgIpc) is 2.27. The molecule has 0 saturated heterocycles. The second-order valence-corrected chi connectivity index (χ2v) is 5.48. The Bertz CT molecular complexity index is 561. The molecule has 0 atom stereocenters. The highest BCUT2D eigenvalue weighted by Crippen LogP contribution is 2.25. The molecule has 4 N–H and O–H groups in total. The molecule has 1 aliphatic rings. The minimum atomic E-state index is -3.67. The highest BCUT2D eigenvalue weighted by molar-refractivity contribution is 7.89. The van der Waals surface area contributed by atoms with Crippen LogP contribution in [-0.4, -0.2) is 26.4 Å². The molecule has 0 amide bonds. The Morgan fingerprint density at radius 1 is 1.26 bits per heavy atom. The van der Waals surface area contributed by atoms with Gasteiger partial charge in [-0.2, -0.15) is 0 Å². The van der Waals surface area contributed by atoms with Crippen molar-refractivity contribution in [1.29, 1.82) is 0 Å². The van der Waals surface area contributed by atoms with Crippen LogP contribution in [-0.2, 0) is 16.6 Å². The predicted molar refractivity (Wildman–Crippen MR) is 80.8 cm³/mol. The van der Waals surface area contributed by atoms with Gasteiger partial charge < -0.3 is 10.6 Å². The van der Waals surface area contributed by atoms with Gasteiger partial charge in [0.05, 0.1) is 4.90 Å². The Morgan fingerprint density at radius 3 is 2.53 bits per heavy atom. The summed E-state index contributed by atoms with van der Waals surface area (Å²) in [6.45, 7) is 1.97. The Hall–Kier alpha value is -0.790. The van der Waals surface area contributed by atoms with Crippen molar-refractivity contribution in [3.63, 3.8) is 0 Å². The molecule has 8 heteroatoms. The zero-order valence-corrected chi connectivity index (χ0v) is 12.6. The molecule has 1 aromatic rings. The summed E-state index contributed by atoms with van der Waals surface area (Å²) in [5.74, 6) is 0. The third kappa shape index (κ3) is 4.09. The molecular formula is C11H17Cl2N3O2S. The maximum absolute atomic E-state index is 11.4. The lowest BCUT2D eigenvalue weighted by Gasteiger charge is -2.25. The Morgan fingerprint density at radius 2 is 1.95 bits per heavy atom. The van der Waals surface area contributed by atoms with Crippen molar-refractivity contribution in [2.75, 3.05) is 13.1 Å². The Labute approximate surface area is 125 Å². The molecule has 0 radical (unpaired) electrons. The van der Waals surface area contributed by atoms with Gasteiger partial charge in [-0.1, -0.05) is 12.1 Å². The number of hydrogen-bond donors (Lipinski definition) is 2. The smallest absolute Gasteiger partial charge is 0.238 e. The summed E-state index contributed by atoms with van der Waals surface area (Å²) >= 11 is 0. The van der Waals surface area contributed by atoms with Crippen molar-refractivity contribution in [2.45, 2.75) is 11.4 Å². The third-order valence-corrected chi connectivity index (χ3v) is 3.67. The van der Waals surface area contributed by atoms with Crippen LogP contribution in [0.2, 0.25) is 0 Å². The van der Waals surface area contributed by atoms with Gasteiger partial charge in [0.2, 0.25) is 10.0 Å². The first kappa shape index (κ1) is 18.2. The fourth-order valence-electron chi connectivity index (χ4n) is 1.94. The third-order valence-electron chi connectivity index (χ3n) is 2.70. The quantitative estimate of drug-likeness (QED) is 0.864. The van der Waals surface area contributed by atoms with E-state index < -0.39 is 10.0 Å². The van der Waals surface area contributed by atoms with Crippen LogP contribution in [0.25, 0.3) is 6.08 Å². The van der Waals surface area contributed by atoms with Crippen LogP contribution in [0.15, 0.2) is 29.3 Å². The summed E-state index contributed by atoms with van der Waals surface area (Å²) in [6.07, 6.45) is 3.62. The van der Waals surface area contributed by atoms with Crippen molar-refractivity contribution < 1.29 is 8.42 Å². The van der Waals surface area contributed by atoms with E-state index in [1.54, 1.807) is 12.1 Å². The fourth-order valence-corrected chi connectivity index (χ4v) is 2.71. The standard InChI is InChI=1S/C11H15N3O2S.2ClH/c12-5-7-14-6-4-10-9(8-14)2-1-3-11(10)17(13,15)16;;/h1-4,6H,5,7-8,12H2,(H2,13,15,16);2*1H. The molecule has 2 rings (SSSR count). The number of halogens is 2. The molecule has 0 bridgehead atoms. The molecule has 0 saturated carbocycles. The number of benzene rings is 1. The second kappa shape index (κ2) is 7.12. The molecule has 1 heterocycles. The SMILES string of the molecule is Cl.Cl.NCCN1C=Cc2c(cccc2S(N)(=O)=O)C1. The zero-order valence-electron chi connectivity index (χ0n) is 10.2. The van der Waals surface area contributed by atoms with Gasteiger partial charge >= 0.3 is 0 Å². The summed E-state index contributed by atoms with van der Waals surface area (Å²) in [5.41, 5.74) is 7.12. The lowest BCUT2D eigenvalue weighted by atomic mass is 10.0. The molecule has 19 heavy (non-hydrogen) atoms. The Kier molecular flexibility index (Phi) is 6.82. The summed E-state index contributed by atoms with van der Waals surface area (Å²) in [6, 6.07) is 5.13. The van der Waals surface area contributed by atoms with E-state index >= 15 is 0 Å². The fraction of sp³-hybridized carbons (Fsp3) is 0.273. The highest BCUT2D eigenvalue weighted by atomic mass is 35.5. The monoisotopic (exact) mass is 325 g/mol. The number of hydrogen-bond acceptors (Lipinski definition) is 4. The first-order valence-corrected chi connectivity index (χ1v) is 6.84. The minimum Gasteiger partial charge on any atom is -0.372 e. The number of nitrogens with zero attached hydrogens (tertiary/aromatic N) is 1. The van der Waals surface area contributed by atoms with Gasteiger partial charge in [0.25, 0.3) is 0 Å². The maximum Gasteiger partial charge on any atom is 0.238 e. The molecule has 108 valence electrons. The lowest BCUT2D eigenvalue weighted by molar-refractivity contribution is 0.376. The molecule has 0 aromatic heterocycles. The topological polar surface area (TPSA) is 89.4 Å². The largest absolute Gasteiger partial charge is 0.372 e. The molecule has 1 aliphatic heterocycles. The van der Waals surface area contributed by atoms with E-state index in [1.807, 2.05) is 17.2 Å². The molecular weight excluding hydrogens is 309 g/mol. The van der Waals surface area contributed by atoms with Gasteiger partial charge in [0.1, 0.15) is 0 Å². The number of nitrogens with two attached hydrogens (primary N) is 2. The van der Waals surface area contributed by atoms with Crippen LogP contribution >= 0.6 is 24.8 Å². The molecule has 1 aromatic carbocycles. The minimum absolute atomic E-state index is 0. The van der Waals surface area contributed by atoms with Crippen LogP contribution in [0.5, 0.6) is 0 Å². The number of rotatable bonds is 3. The summed E-state index contributed by atoms with van der Waals surface area (Å²) < 4.78 is 22.8.